The summed E-state index contributed by atoms with van der Waals surface area (Å²) in [6, 6.07) is 17.8. The minimum absolute atomic E-state index is 0.00297. The summed E-state index contributed by atoms with van der Waals surface area (Å²) in [6.45, 7) is 2.20. The second kappa shape index (κ2) is 10.1. The molecule has 0 aliphatic carbocycles. The van der Waals surface area contributed by atoms with E-state index in [1.807, 2.05) is 47.8 Å². The number of rotatable bonds is 8. The Morgan fingerprint density at radius 3 is 2.72 bits per heavy atom. The number of fused-ring (bicyclic) bond motifs is 1. The summed E-state index contributed by atoms with van der Waals surface area (Å²) in [5.41, 5.74) is 3.80. The molecule has 6 nitrogen and oxygen atoms in total. The van der Waals surface area contributed by atoms with Crippen LogP contribution in [0.4, 0.5) is 5.13 Å². The largest absolute Gasteiger partial charge is 0.457 e. The average molecular weight is 446 g/mol. The third-order valence-electron chi connectivity index (χ3n) is 4.84. The molecule has 0 radical (unpaired) electrons. The number of anilines is 1. The van der Waals surface area contributed by atoms with Gasteiger partial charge in [0.15, 0.2) is 5.13 Å². The van der Waals surface area contributed by atoms with Gasteiger partial charge in [0, 0.05) is 35.9 Å². The lowest BCUT2D eigenvalue weighted by molar-refractivity contribution is -0.119. The Bertz CT molecular complexity index is 1220. The molecule has 0 aliphatic heterocycles. The monoisotopic (exact) mass is 445 g/mol. The predicted molar refractivity (Wildman–Crippen MR) is 128 cm³/mol. The molecule has 4 aromatic rings. The minimum Gasteiger partial charge on any atom is -0.457 e. The summed E-state index contributed by atoms with van der Waals surface area (Å²) in [4.78, 5) is 27.7. The van der Waals surface area contributed by atoms with Crippen molar-refractivity contribution in [3.05, 3.63) is 77.4 Å². The fourth-order valence-corrected chi connectivity index (χ4v) is 3.97. The number of aryl methyl sites for hydroxylation is 1. The Morgan fingerprint density at radius 1 is 1.12 bits per heavy atom. The zero-order valence-electron chi connectivity index (χ0n) is 17.6. The van der Waals surface area contributed by atoms with E-state index in [0.717, 1.165) is 35.1 Å². The van der Waals surface area contributed by atoms with Gasteiger partial charge in [-0.3, -0.25) is 14.9 Å². The predicted octanol–water partition coefficient (Wildman–Crippen LogP) is 5.28. The number of thiazole rings is 1. The van der Waals surface area contributed by atoms with Crippen LogP contribution in [0.1, 0.15) is 24.7 Å². The molecule has 0 fully saturated rings. The lowest BCUT2D eigenvalue weighted by Crippen LogP contribution is -2.21. The quantitative estimate of drug-likeness (QED) is 0.286. The molecule has 32 heavy (non-hydrogen) atoms. The molecule has 0 saturated carbocycles. The summed E-state index contributed by atoms with van der Waals surface area (Å²) in [6.07, 6.45) is 4.88. The first kappa shape index (κ1) is 21.5. The molecule has 0 spiro atoms. The Hall–Kier alpha value is -3.71. The summed E-state index contributed by atoms with van der Waals surface area (Å²) < 4.78 is 5.68. The highest BCUT2D eigenvalue weighted by molar-refractivity contribution is 7.14. The third-order valence-corrected chi connectivity index (χ3v) is 5.60. The van der Waals surface area contributed by atoms with Crippen LogP contribution >= 0.6 is 11.3 Å². The van der Waals surface area contributed by atoms with Gasteiger partial charge in [-0.15, -0.1) is 11.3 Å². The van der Waals surface area contributed by atoms with Gasteiger partial charge in [-0.2, -0.15) is 0 Å². The van der Waals surface area contributed by atoms with Gasteiger partial charge in [-0.25, -0.2) is 4.98 Å². The molecule has 0 saturated heterocycles. The number of hydrogen-bond acceptors (Lipinski definition) is 5. The fourth-order valence-electron chi connectivity index (χ4n) is 3.25. The first-order valence-corrected chi connectivity index (χ1v) is 11.2. The Morgan fingerprint density at radius 2 is 1.94 bits per heavy atom. The summed E-state index contributed by atoms with van der Waals surface area (Å²) in [5, 5.41) is 9.06. The summed E-state index contributed by atoms with van der Waals surface area (Å²) in [7, 11) is 0. The van der Waals surface area contributed by atoms with E-state index >= 15 is 0 Å². The zero-order chi connectivity index (χ0) is 22.3. The zero-order valence-corrected chi connectivity index (χ0v) is 18.4. The Kier molecular flexibility index (Phi) is 6.77. The maximum absolute atomic E-state index is 12.3. The van der Waals surface area contributed by atoms with Crippen molar-refractivity contribution in [2.45, 2.75) is 19.8 Å². The summed E-state index contributed by atoms with van der Waals surface area (Å²) in [5.74, 6) is 0.357. The Balaban J connectivity index is 1.32. The normalized spacial score (nSPS) is 11.2. The topological polar surface area (TPSA) is 84.2 Å². The van der Waals surface area contributed by atoms with E-state index in [1.165, 1.54) is 29.9 Å². The van der Waals surface area contributed by atoms with Crippen LogP contribution in [0.25, 0.3) is 28.3 Å². The first-order chi connectivity index (χ1) is 15.6. The van der Waals surface area contributed by atoms with E-state index in [4.69, 9.17) is 4.42 Å². The highest BCUT2D eigenvalue weighted by Crippen LogP contribution is 2.25. The van der Waals surface area contributed by atoms with E-state index in [9.17, 15) is 9.59 Å². The molecule has 2 aromatic carbocycles. The van der Waals surface area contributed by atoms with E-state index < -0.39 is 0 Å². The van der Waals surface area contributed by atoms with Crippen LogP contribution in [-0.2, 0) is 16.0 Å². The van der Waals surface area contributed by atoms with E-state index in [-0.39, 0.29) is 11.8 Å². The number of carbonyl (C=O) groups excluding carboxylic acids is 2. The molecule has 2 aromatic heterocycles. The van der Waals surface area contributed by atoms with Gasteiger partial charge in [0.05, 0.1) is 5.69 Å². The molecule has 0 unspecified atom stereocenters. The molecule has 7 heteroatoms. The van der Waals surface area contributed by atoms with Gasteiger partial charge < -0.3 is 9.73 Å². The molecule has 0 bridgehead atoms. The number of nitrogens with one attached hydrogen (secondary N) is 2. The number of benzene rings is 2. The second-order valence-electron chi connectivity index (χ2n) is 7.33. The standard InChI is InChI=1S/C25H23N3O3S/c1-17(29)26-14-4-5-18-8-10-19(11-9-18)22-16-32-25(27-22)28-24(30)13-12-21-15-20-6-2-3-7-23(20)31-21/h2-3,6-13,15-16H,4-5,14H2,1H3,(H,26,29)(H,27,28,30)/b13-12+. The smallest absolute Gasteiger partial charge is 0.250 e. The number of amides is 2. The molecule has 162 valence electrons. The van der Waals surface area contributed by atoms with Gasteiger partial charge in [-0.05, 0) is 36.6 Å². The highest BCUT2D eigenvalue weighted by atomic mass is 32.1. The van der Waals surface area contributed by atoms with Gasteiger partial charge in [0.1, 0.15) is 11.3 Å². The number of nitrogens with zero attached hydrogens (tertiary/aromatic N) is 1. The fraction of sp³-hybridized carbons (Fsp3) is 0.160. The lowest BCUT2D eigenvalue weighted by Gasteiger charge is -2.04. The average Bonchev–Trinajstić information content (AvgIpc) is 3.42. The molecular formula is C25H23N3O3S. The molecule has 2 N–H and O–H groups in total. The van der Waals surface area contributed by atoms with Crippen molar-refractivity contribution < 1.29 is 14.0 Å². The minimum atomic E-state index is -0.263. The van der Waals surface area contributed by atoms with E-state index in [0.29, 0.717) is 17.4 Å². The van der Waals surface area contributed by atoms with Crippen molar-refractivity contribution in [2.75, 3.05) is 11.9 Å². The van der Waals surface area contributed by atoms with Crippen molar-refractivity contribution in [1.82, 2.24) is 10.3 Å². The maximum Gasteiger partial charge on any atom is 0.250 e. The van der Waals surface area contributed by atoms with E-state index in [1.54, 1.807) is 6.08 Å². The van der Waals surface area contributed by atoms with Crippen molar-refractivity contribution in [1.29, 1.82) is 0 Å². The number of carbonyl (C=O) groups is 2. The van der Waals surface area contributed by atoms with Crippen molar-refractivity contribution in [2.24, 2.45) is 0 Å². The van der Waals surface area contributed by atoms with Crippen LogP contribution in [0.2, 0.25) is 0 Å². The van der Waals surface area contributed by atoms with Gasteiger partial charge >= 0.3 is 0 Å². The molecule has 0 atom stereocenters. The van der Waals surface area contributed by atoms with Crippen LogP contribution in [-0.4, -0.2) is 23.3 Å². The number of aromatic nitrogens is 1. The van der Waals surface area contributed by atoms with Gasteiger partial charge in [-0.1, -0.05) is 42.5 Å². The number of furan rings is 1. The van der Waals surface area contributed by atoms with Gasteiger partial charge in [0.2, 0.25) is 11.8 Å². The van der Waals surface area contributed by atoms with Crippen molar-refractivity contribution in [3.8, 4) is 11.3 Å². The SMILES string of the molecule is CC(=O)NCCCc1ccc(-c2csc(NC(=O)/C=C/c3cc4ccccc4o3)n2)cc1. The number of hydrogen-bond donors (Lipinski definition) is 2. The van der Waals surface area contributed by atoms with E-state index in [2.05, 4.69) is 27.8 Å². The molecule has 0 aliphatic rings. The van der Waals surface area contributed by atoms with Crippen LogP contribution in [0.15, 0.2) is 70.5 Å². The molecule has 4 rings (SSSR count). The number of para-hydroxylation sites is 1. The van der Waals surface area contributed by atoms with Crippen LogP contribution in [0.3, 0.4) is 0 Å². The van der Waals surface area contributed by atoms with Crippen LogP contribution in [0, 0.1) is 0 Å². The first-order valence-electron chi connectivity index (χ1n) is 10.3. The molecule has 2 amide bonds. The molecular weight excluding hydrogens is 422 g/mol. The van der Waals surface area contributed by atoms with Gasteiger partial charge in [0.25, 0.3) is 0 Å². The Labute approximate surface area is 190 Å². The maximum atomic E-state index is 12.3. The van der Waals surface area contributed by atoms with Crippen LogP contribution in [0.5, 0.6) is 0 Å². The molecule has 2 heterocycles. The van der Waals surface area contributed by atoms with Crippen LogP contribution < -0.4 is 10.6 Å². The lowest BCUT2D eigenvalue weighted by atomic mass is 10.1. The summed E-state index contributed by atoms with van der Waals surface area (Å²) >= 11 is 1.38. The highest BCUT2D eigenvalue weighted by Gasteiger charge is 2.07. The van der Waals surface area contributed by atoms with Crippen molar-refractivity contribution in [3.63, 3.8) is 0 Å². The third kappa shape index (κ3) is 5.70. The second-order valence-corrected chi connectivity index (χ2v) is 8.19. The van der Waals surface area contributed by atoms with Crippen molar-refractivity contribution >= 4 is 45.3 Å².